The van der Waals surface area contributed by atoms with Crippen molar-refractivity contribution >= 4 is 51.1 Å². The Morgan fingerprint density at radius 1 is 1.09 bits per heavy atom. The molecule has 1 unspecified atom stereocenters. The minimum atomic E-state index is -3.75. The Labute approximate surface area is 259 Å². The molecule has 1 saturated heterocycles. The van der Waals surface area contributed by atoms with Gasteiger partial charge in [0.05, 0.1) is 18.1 Å². The maximum atomic E-state index is 13.5. The first-order chi connectivity index (χ1) is 20.7. The molecule has 0 bridgehead atoms. The number of carbonyl (C=O) groups is 3. The first kappa shape index (κ1) is 33.0. The van der Waals surface area contributed by atoms with Crippen LogP contribution in [0.2, 0.25) is 0 Å². The molecule has 13 nitrogen and oxygen atoms in total. The molecule has 1 atom stereocenters. The number of likely N-dealkylation sites (N-methyl/N-ethyl adjacent to an activating group) is 1. The number of amides is 3. The van der Waals surface area contributed by atoms with E-state index in [1.165, 1.54) is 11.1 Å². The average Bonchev–Trinajstić information content (AvgIpc) is 3.14. The van der Waals surface area contributed by atoms with Crippen LogP contribution >= 0.6 is 0 Å². The zero-order valence-electron chi connectivity index (χ0n) is 26.3. The fraction of sp³-hybridized carbons (Fsp3) is 0.567. The topological polar surface area (TPSA) is 156 Å². The third-order valence-corrected chi connectivity index (χ3v) is 9.85. The van der Waals surface area contributed by atoms with Crippen LogP contribution in [0.1, 0.15) is 65.4 Å². The summed E-state index contributed by atoms with van der Waals surface area (Å²) in [5, 5.41) is 13.1. The van der Waals surface area contributed by atoms with Crippen LogP contribution in [0.15, 0.2) is 30.5 Å². The molecule has 1 spiro atoms. The Morgan fingerprint density at radius 3 is 2.23 bits per heavy atom. The molecule has 2 aromatic rings. The van der Waals surface area contributed by atoms with Crippen molar-refractivity contribution in [3.63, 3.8) is 0 Å². The van der Waals surface area contributed by atoms with Crippen LogP contribution in [0.3, 0.4) is 0 Å². The van der Waals surface area contributed by atoms with Gasteiger partial charge < -0.3 is 20.2 Å². The summed E-state index contributed by atoms with van der Waals surface area (Å²) in [5.41, 5.74) is 0.408. The molecule has 240 valence electrons. The zero-order valence-corrected chi connectivity index (χ0v) is 27.1. The van der Waals surface area contributed by atoms with Crippen LogP contribution in [0, 0.1) is 0 Å². The maximum Gasteiger partial charge on any atom is 0.332 e. The smallest absolute Gasteiger partial charge is 0.332 e. The number of aromatic nitrogens is 2. The molecule has 44 heavy (non-hydrogen) atoms. The van der Waals surface area contributed by atoms with Crippen LogP contribution in [0.25, 0.3) is 0 Å². The molecule has 2 fully saturated rings. The lowest BCUT2D eigenvalue weighted by molar-refractivity contribution is -0.137. The Morgan fingerprint density at radius 2 is 1.70 bits per heavy atom. The van der Waals surface area contributed by atoms with E-state index in [-0.39, 0.29) is 29.9 Å². The number of nitrogens with zero attached hydrogens (tertiary/aromatic N) is 6. The van der Waals surface area contributed by atoms with Gasteiger partial charge in [0.15, 0.2) is 5.82 Å². The molecule has 1 aromatic heterocycles. The van der Waals surface area contributed by atoms with Gasteiger partial charge in [0.1, 0.15) is 17.3 Å². The van der Waals surface area contributed by atoms with Crippen LogP contribution in [-0.2, 0) is 26.0 Å². The van der Waals surface area contributed by atoms with Crippen molar-refractivity contribution in [1.29, 1.82) is 0 Å². The van der Waals surface area contributed by atoms with E-state index in [1.807, 2.05) is 18.7 Å². The standard InChI is InChI=1S/C30H43N7O6S/c1-7-35(8-2)28-31-19-24(37(20(3)4)44(6,42)43)25(33-28)32-23(26(38)39)18-21-12-14-22(15-13-21)36-27(40)30(34(5)29(36)41)16-10-9-11-17-30/h12-15,19-20,23H,7-11,16-18H2,1-6H3,(H,38,39)(H,31,32,33). The summed E-state index contributed by atoms with van der Waals surface area (Å²) in [6.45, 7) is 8.49. The highest BCUT2D eigenvalue weighted by molar-refractivity contribution is 7.92. The quantitative estimate of drug-likeness (QED) is 0.332. The molecule has 2 aliphatic rings. The molecule has 1 aliphatic carbocycles. The molecule has 1 saturated carbocycles. The number of urea groups is 1. The number of hydrogen-bond donors (Lipinski definition) is 2. The van der Waals surface area contributed by atoms with Crippen molar-refractivity contribution in [3.05, 3.63) is 36.0 Å². The van der Waals surface area contributed by atoms with Gasteiger partial charge in [-0.05, 0) is 58.2 Å². The lowest BCUT2D eigenvalue weighted by Gasteiger charge is -2.35. The van der Waals surface area contributed by atoms with Gasteiger partial charge in [-0.15, -0.1) is 0 Å². The van der Waals surface area contributed by atoms with Crippen molar-refractivity contribution in [2.24, 2.45) is 0 Å². The molecular formula is C30H43N7O6S. The lowest BCUT2D eigenvalue weighted by atomic mass is 9.80. The molecular weight excluding hydrogens is 586 g/mol. The number of hydrogen-bond acceptors (Lipinski definition) is 9. The van der Waals surface area contributed by atoms with Crippen LogP contribution in [0.5, 0.6) is 0 Å². The van der Waals surface area contributed by atoms with Crippen molar-refractivity contribution in [3.8, 4) is 0 Å². The average molecular weight is 630 g/mol. The first-order valence-corrected chi connectivity index (χ1v) is 16.9. The van der Waals surface area contributed by atoms with Gasteiger partial charge in [-0.1, -0.05) is 31.4 Å². The van der Waals surface area contributed by atoms with Crippen LogP contribution < -0.4 is 19.4 Å². The predicted octanol–water partition coefficient (Wildman–Crippen LogP) is 3.71. The number of carboxylic acids is 1. The summed E-state index contributed by atoms with van der Waals surface area (Å²) in [6.07, 6.45) is 6.61. The van der Waals surface area contributed by atoms with E-state index in [0.29, 0.717) is 43.1 Å². The summed E-state index contributed by atoms with van der Waals surface area (Å²) < 4.78 is 26.6. The lowest BCUT2D eigenvalue weighted by Crippen LogP contribution is -2.49. The number of sulfonamides is 1. The summed E-state index contributed by atoms with van der Waals surface area (Å²) in [5.74, 6) is -0.959. The minimum absolute atomic E-state index is 0.0198. The van der Waals surface area contributed by atoms with Crippen LogP contribution in [0.4, 0.5) is 27.9 Å². The third kappa shape index (κ3) is 6.30. The highest BCUT2D eigenvalue weighted by Gasteiger charge is 2.56. The fourth-order valence-corrected chi connectivity index (χ4v) is 7.46. The maximum absolute atomic E-state index is 13.5. The highest BCUT2D eigenvalue weighted by atomic mass is 32.2. The zero-order chi connectivity index (χ0) is 32.4. The van der Waals surface area contributed by atoms with E-state index in [2.05, 4.69) is 15.3 Å². The first-order valence-electron chi connectivity index (χ1n) is 15.1. The largest absolute Gasteiger partial charge is 0.480 e. The van der Waals surface area contributed by atoms with E-state index in [1.54, 1.807) is 50.1 Å². The van der Waals surface area contributed by atoms with Crippen molar-refractivity contribution in [1.82, 2.24) is 14.9 Å². The summed E-state index contributed by atoms with van der Waals surface area (Å²) in [7, 11) is -2.07. The number of anilines is 4. The van der Waals surface area contributed by atoms with Crippen LogP contribution in [-0.4, -0.2) is 90.3 Å². The van der Waals surface area contributed by atoms with E-state index in [0.717, 1.165) is 29.8 Å². The molecule has 2 heterocycles. The second-order valence-electron chi connectivity index (χ2n) is 11.7. The minimum Gasteiger partial charge on any atom is -0.480 e. The number of rotatable bonds is 12. The Balaban J connectivity index is 1.63. The molecule has 14 heteroatoms. The van der Waals surface area contributed by atoms with Gasteiger partial charge in [-0.25, -0.2) is 27.9 Å². The van der Waals surface area contributed by atoms with Gasteiger partial charge in [0, 0.05) is 32.6 Å². The van der Waals surface area contributed by atoms with Crippen molar-refractivity contribution in [2.45, 2.75) is 83.8 Å². The second kappa shape index (κ2) is 13.0. The monoisotopic (exact) mass is 629 g/mol. The van der Waals surface area contributed by atoms with E-state index >= 15 is 0 Å². The molecule has 0 radical (unpaired) electrons. The van der Waals surface area contributed by atoms with Gasteiger partial charge >= 0.3 is 12.0 Å². The number of carbonyl (C=O) groups excluding carboxylic acids is 2. The molecule has 3 amide bonds. The molecule has 1 aromatic carbocycles. The molecule has 4 rings (SSSR count). The SMILES string of the molecule is CCN(CC)c1ncc(N(C(C)C)S(C)(=O)=O)c(NC(Cc2ccc(N3C(=O)N(C)C4(CCCCC4)C3=O)cc2)C(=O)O)n1. The Kier molecular flexibility index (Phi) is 9.71. The fourth-order valence-electron chi connectivity index (χ4n) is 6.20. The van der Waals surface area contributed by atoms with E-state index in [4.69, 9.17) is 0 Å². The number of aliphatic carboxylic acids is 1. The summed E-state index contributed by atoms with van der Waals surface area (Å²) in [6, 6.07) is 4.66. The summed E-state index contributed by atoms with van der Waals surface area (Å²) in [4.78, 5) is 52.7. The van der Waals surface area contributed by atoms with Crippen molar-refractivity contribution < 1.29 is 27.9 Å². The van der Waals surface area contributed by atoms with E-state index < -0.39 is 33.6 Å². The second-order valence-corrected chi connectivity index (χ2v) is 13.6. The van der Waals surface area contributed by atoms with Gasteiger partial charge in [-0.3, -0.25) is 9.10 Å². The predicted molar refractivity (Wildman–Crippen MR) is 170 cm³/mol. The van der Waals surface area contributed by atoms with Gasteiger partial charge in [0.25, 0.3) is 5.91 Å². The van der Waals surface area contributed by atoms with Crippen molar-refractivity contribution in [2.75, 3.05) is 45.8 Å². The Bertz CT molecular complexity index is 1490. The van der Waals surface area contributed by atoms with Gasteiger partial charge in [-0.2, -0.15) is 4.98 Å². The highest BCUT2D eigenvalue weighted by Crippen LogP contribution is 2.41. The number of carboxylic acid groups (broad SMARTS) is 1. The molecule has 1 aliphatic heterocycles. The number of benzene rings is 1. The van der Waals surface area contributed by atoms with Gasteiger partial charge in [0.2, 0.25) is 16.0 Å². The van der Waals surface area contributed by atoms with E-state index in [9.17, 15) is 27.9 Å². The summed E-state index contributed by atoms with van der Waals surface area (Å²) >= 11 is 0. The Hall–Kier alpha value is -3.94. The third-order valence-electron chi connectivity index (χ3n) is 8.51. The molecule has 2 N–H and O–H groups in total. The normalized spacial score (nSPS) is 17.3. The number of imide groups is 1. The number of nitrogens with one attached hydrogen (secondary N) is 1.